The number of H-pyrrole nitrogens is 1. The first-order valence-electron chi connectivity index (χ1n) is 6.72. The molecule has 0 aliphatic rings. The minimum absolute atomic E-state index is 0.168. The highest BCUT2D eigenvalue weighted by Crippen LogP contribution is 2.17. The number of nitrogens with zero attached hydrogens (tertiary/aromatic N) is 1. The summed E-state index contributed by atoms with van der Waals surface area (Å²) in [5.41, 5.74) is 2.24. The summed E-state index contributed by atoms with van der Waals surface area (Å²) < 4.78 is 13.5. The number of anilines is 1. The van der Waals surface area contributed by atoms with Crippen LogP contribution in [-0.4, -0.2) is 15.9 Å². The lowest BCUT2D eigenvalue weighted by molar-refractivity contribution is 0.102. The van der Waals surface area contributed by atoms with Gasteiger partial charge in [-0.15, -0.1) is 0 Å². The maximum Gasteiger partial charge on any atom is 0.255 e. The van der Waals surface area contributed by atoms with Crippen LogP contribution in [0.25, 0.3) is 11.0 Å². The minimum atomic E-state index is -0.457. The van der Waals surface area contributed by atoms with Crippen molar-refractivity contribution in [1.82, 2.24) is 9.97 Å². The first-order chi connectivity index (χ1) is 10.2. The van der Waals surface area contributed by atoms with Crippen molar-refractivity contribution < 1.29 is 9.18 Å². The molecule has 0 bridgehead atoms. The molecular formula is C16H14FN3O. The summed E-state index contributed by atoms with van der Waals surface area (Å²) in [4.78, 5) is 19.7. The monoisotopic (exact) mass is 283 g/mol. The number of nitrogens with one attached hydrogen (secondary N) is 2. The van der Waals surface area contributed by atoms with Crippen LogP contribution in [0.1, 0.15) is 23.1 Å². The summed E-state index contributed by atoms with van der Waals surface area (Å²) in [6, 6.07) is 11.3. The van der Waals surface area contributed by atoms with Gasteiger partial charge in [0, 0.05) is 12.0 Å². The Morgan fingerprint density at radius 2 is 2.10 bits per heavy atom. The highest BCUT2D eigenvalue weighted by Gasteiger charge is 2.10. The molecule has 0 fully saturated rings. The lowest BCUT2D eigenvalue weighted by atomic mass is 10.2. The van der Waals surface area contributed by atoms with Crippen LogP contribution in [0.5, 0.6) is 0 Å². The molecule has 5 heteroatoms. The fourth-order valence-corrected chi connectivity index (χ4v) is 2.13. The Bertz CT molecular complexity index is 810. The van der Waals surface area contributed by atoms with Crippen molar-refractivity contribution in [2.24, 2.45) is 0 Å². The molecule has 106 valence electrons. The van der Waals surface area contributed by atoms with E-state index in [1.165, 1.54) is 12.1 Å². The van der Waals surface area contributed by atoms with Crippen LogP contribution in [0.15, 0.2) is 42.5 Å². The van der Waals surface area contributed by atoms with E-state index in [0.717, 1.165) is 23.3 Å². The van der Waals surface area contributed by atoms with Crippen molar-refractivity contribution in [3.63, 3.8) is 0 Å². The van der Waals surface area contributed by atoms with Gasteiger partial charge in [-0.05, 0) is 30.3 Å². The Labute approximate surface area is 121 Å². The third-order valence-corrected chi connectivity index (χ3v) is 3.25. The molecule has 0 saturated heterocycles. The molecule has 2 N–H and O–H groups in total. The van der Waals surface area contributed by atoms with Crippen molar-refractivity contribution in [2.75, 3.05) is 5.32 Å². The van der Waals surface area contributed by atoms with Gasteiger partial charge in [0.15, 0.2) is 0 Å². The lowest BCUT2D eigenvalue weighted by Crippen LogP contribution is -2.12. The molecule has 2 aromatic carbocycles. The smallest absolute Gasteiger partial charge is 0.255 e. The fraction of sp³-hybridized carbons (Fsp3) is 0.125. The van der Waals surface area contributed by atoms with Gasteiger partial charge in [0.05, 0.1) is 16.7 Å². The molecule has 0 radical (unpaired) electrons. The number of hydrogen-bond donors (Lipinski definition) is 2. The molecule has 1 amide bonds. The summed E-state index contributed by atoms with van der Waals surface area (Å²) in [5.74, 6) is 0.0630. The largest absolute Gasteiger partial charge is 0.342 e. The number of para-hydroxylation sites is 1. The van der Waals surface area contributed by atoms with Crippen LogP contribution >= 0.6 is 0 Å². The first-order valence-corrected chi connectivity index (χ1v) is 6.72. The first kappa shape index (κ1) is 13.3. The molecular weight excluding hydrogens is 269 g/mol. The van der Waals surface area contributed by atoms with Gasteiger partial charge in [0.2, 0.25) is 0 Å². The number of imidazole rings is 1. The Morgan fingerprint density at radius 1 is 1.29 bits per heavy atom. The van der Waals surface area contributed by atoms with Gasteiger partial charge in [-0.1, -0.05) is 19.1 Å². The standard InChI is InChI=1S/C16H14FN3O/c1-2-15-18-13-8-7-10(9-14(13)19-15)16(21)20-12-6-4-3-5-11(12)17/h3-9H,2H2,1H3,(H,18,19)(H,20,21). The lowest BCUT2D eigenvalue weighted by Gasteiger charge is -2.06. The average molecular weight is 283 g/mol. The van der Waals surface area contributed by atoms with Crippen molar-refractivity contribution in [3.8, 4) is 0 Å². The number of carbonyl (C=O) groups excluding carboxylic acids is 1. The highest BCUT2D eigenvalue weighted by atomic mass is 19.1. The number of amides is 1. The number of fused-ring (bicyclic) bond motifs is 1. The van der Waals surface area contributed by atoms with E-state index in [9.17, 15) is 9.18 Å². The van der Waals surface area contributed by atoms with Crippen molar-refractivity contribution in [3.05, 3.63) is 59.7 Å². The second-order valence-corrected chi connectivity index (χ2v) is 4.70. The number of aromatic nitrogens is 2. The predicted octanol–water partition coefficient (Wildman–Crippen LogP) is 3.52. The van der Waals surface area contributed by atoms with Gasteiger partial charge in [0.25, 0.3) is 5.91 Å². The normalized spacial score (nSPS) is 10.8. The molecule has 3 rings (SSSR count). The number of benzene rings is 2. The van der Waals surface area contributed by atoms with Crippen molar-refractivity contribution in [2.45, 2.75) is 13.3 Å². The van der Waals surface area contributed by atoms with Crippen LogP contribution in [0, 0.1) is 5.82 Å². The SMILES string of the molecule is CCc1nc2ccc(C(=O)Nc3ccccc3F)cc2[nH]1. The minimum Gasteiger partial charge on any atom is -0.342 e. The molecule has 3 aromatic rings. The molecule has 0 aliphatic carbocycles. The topological polar surface area (TPSA) is 57.8 Å². The molecule has 0 aliphatic heterocycles. The van der Waals surface area contributed by atoms with E-state index in [-0.39, 0.29) is 11.6 Å². The maximum absolute atomic E-state index is 13.5. The summed E-state index contributed by atoms with van der Waals surface area (Å²) in [6.07, 6.45) is 0.797. The molecule has 1 aromatic heterocycles. The molecule has 4 nitrogen and oxygen atoms in total. The Morgan fingerprint density at radius 3 is 2.86 bits per heavy atom. The molecule has 0 unspecified atom stereocenters. The zero-order chi connectivity index (χ0) is 14.8. The Kier molecular flexibility index (Phi) is 3.39. The number of aryl methyl sites for hydroxylation is 1. The molecule has 0 atom stereocenters. The molecule has 1 heterocycles. The Hall–Kier alpha value is -2.69. The number of rotatable bonds is 3. The van der Waals surface area contributed by atoms with Crippen molar-refractivity contribution >= 4 is 22.6 Å². The average Bonchev–Trinajstić information content (AvgIpc) is 2.91. The van der Waals surface area contributed by atoms with Gasteiger partial charge in [-0.3, -0.25) is 4.79 Å². The van der Waals surface area contributed by atoms with Crippen molar-refractivity contribution in [1.29, 1.82) is 0 Å². The second-order valence-electron chi connectivity index (χ2n) is 4.70. The third kappa shape index (κ3) is 2.63. The summed E-state index contributed by atoms with van der Waals surface area (Å²) in [6.45, 7) is 2.00. The number of carbonyl (C=O) groups is 1. The maximum atomic E-state index is 13.5. The zero-order valence-corrected chi connectivity index (χ0v) is 11.5. The van der Waals surface area contributed by atoms with E-state index in [2.05, 4.69) is 15.3 Å². The van der Waals surface area contributed by atoms with E-state index in [1.54, 1.807) is 30.3 Å². The molecule has 0 spiro atoms. The van der Waals surface area contributed by atoms with E-state index >= 15 is 0 Å². The summed E-state index contributed by atoms with van der Waals surface area (Å²) in [5, 5.41) is 2.56. The van der Waals surface area contributed by atoms with Crippen LogP contribution in [-0.2, 0) is 6.42 Å². The summed E-state index contributed by atoms with van der Waals surface area (Å²) in [7, 11) is 0. The quantitative estimate of drug-likeness (QED) is 0.772. The van der Waals surface area contributed by atoms with Gasteiger partial charge in [0.1, 0.15) is 11.6 Å². The molecule has 21 heavy (non-hydrogen) atoms. The van der Waals surface area contributed by atoms with Crippen LogP contribution in [0.3, 0.4) is 0 Å². The fourth-order valence-electron chi connectivity index (χ4n) is 2.13. The third-order valence-electron chi connectivity index (χ3n) is 3.25. The zero-order valence-electron chi connectivity index (χ0n) is 11.5. The number of aromatic amines is 1. The predicted molar refractivity (Wildman–Crippen MR) is 79.8 cm³/mol. The number of hydrogen-bond acceptors (Lipinski definition) is 2. The van der Waals surface area contributed by atoms with Crippen LogP contribution < -0.4 is 5.32 Å². The van der Waals surface area contributed by atoms with Crippen LogP contribution in [0.2, 0.25) is 0 Å². The highest BCUT2D eigenvalue weighted by molar-refractivity contribution is 6.05. The van der Waals surface area contributed by atoms with E-state index < -0.39 is 5.82 Å². The van der Waals surface area contributed by atoms with Gasteiger partial charge < -0.3 is 10.3 Å². The van der Waals surface area contributed by atoms with Gasteiger partial charge in [-0.25, -0.2) is 9.37 Å². The Balaban J connectivity index is 1.89. The van der Waals surface area contributed by atoms with Gasteiger partial charge >= 0.3 is 0 Å². The van der Waals surface area contributed by atoms with E-state index in [4.69, 9.17) is 0 Å². The van der Waals surface area contributed by atoms with E-state index in [1.807, 2.05) is 6.92 Å². The van der Waals surface area contributed by atoms with Crippen LogP contribution in [0.4, 0.5) is 10.1 Å². The van der Waals surface area contributed by atoms with E-state index in [0.29, 0.717) is 5.56 Å². The molecule has 0 saturated carbocycles. The number of halogens is 1. The van der Waals surface area contributed by atoms with Gasteiger partial charge in [-0.2, -0.15) is 0 Å². The summed E-state index contributed by atoms with van der Waals surface area (Å²) >= 11 is 0. The second kappa shape index (κ2) is 5.36.